The Hall–Kier alpha value is -0.640. The summed E-state index contributed by atoms with van der Waals surface area (Å²) in [6.07, 6.45) is 1.16. The van der Waals surface area contributed by atoms with Gasteiger partial charge in [-0.2, -0.15) is 0 Å². The number of hydrogen-bond donors (Lipinski definition) is 0. The van der Waals surface area contributed by atoms with Gasteiger partial charge in [0.15, 0.2) is 6.23 Å². The van der Waals surface area contributed by atoms with Gasteiger partial charge in [0.1, 0.15) is 6.10 Å². The van der Waals surface area contributed by atoms with E-state index in [1.807, 2.05) is 0 Å². The average molecular weight is 158 g/mol. The standard InChI is InChI=1S/C7H14N2O2/c1-5(2)4-6-7(11-6)9(3)8-10/h5-7H,4H2,1-3H3. The molecule has 0 aromatic carbocycles. The Morgan fingerprint density at radius 1 is 1.64 bits per heavy atom. The van der Waals surface area contributed by atoms with E-state index in [0.717, 1.165) is 6.42 Å². The minimum atomic E-state index is -0.0603. The van der Waals surface area contributed by atoms with Crippen molar-refractivity contribution >= 4 is 0 Å². The van der Waals surface area contributed by atoms with Gasteiger partial charge in [-0.25, -0.2) is 5.01 Å². The molecular weight excluding hydrogens is 144 g/mol. The first kappa shape index (κ1) is 8.46. The smallest absolute Gasteiger partial charge is 0.175 e. The topological polar surface area (TPSA) is 45.2 Å². The van der Waals surface area contributed by atoms with E-state index in [9.17, 15) is 4.91 Å². The molecule has 0 spiro atoms. The van der Waals surface area contributed by atoms with E-state index in [1.54, 1.807) is 7.05 Å². The van der Waals surface area contributed by atoms with Gasteiger partial charge >= 0.3 is 0 Å². The van der Waals surface area contributed by atoms with Crippen molar-refractivity contribution in [3.63, 3.8) is 0 Å². The number of rotatable bonds is 4. The van der Waals surface area contributed by atoms with Crippen molar-refractivity contribution in [2.24, 2.45) is 11.2 Å². The molecule has 4 nitrogen and oxygen atoms in total. The van der Waals surface area contributed by atoms with Gasteiger partial charge in [0.2, 0.25) is 0 Å². The fraction of sp³-hybridized carbons (Fsp3) is 1.00. The maximum absolute atomic E-state index is 10.0. The van der Waals surface area contributed by atoms with E-state index in [0.29, 0.717) is 5.92 Å². The van der Waals surface area contributed by atoms with Crippen molar-refractivity contribution in [2.75, 3.05) is 7.05 Å². The predicted molar refractivity (Wildman–Crippen MR) is 41.7 cm³/mol. The van der Waals surface area contributed by atoms with Crippen LogP contribution < -0.4 is 0 Å². The van der Waals surface area contributed by atoms with Crippen LogP contribution in [0.2, 0.25) is 0 Å². The van der Waals surface area contributed by atoms with Gasteiger partial charge in [-0.3, -0.25) is 0 Å². The third-order valence-electron chi connectivity index (χ3n) is 1.76. The number of nitrogens with zero attached hydrogens (tertiary/aromatic N) is 2. The number of likely N-dealkylation sites (N-methyl/N-ethyl adjacent to an activating group) is 1. The van der Waals surface area contributed by atoms with Crippen LogP contribution in [0.15, 0.2) is 5.29 Å². The molecule has 1 aliphatic rings. The quantitative estimate of drug-likeness (QED) is 0.352. The Balaban J connectivity index is 2.20. The Morgan fingerprint density at radius 3 is 2.73 bits per heavy atom. The summed E-state index contributed by atoms with van der Waals surface area (Å²) in [6.45, 7) is 4.26. The van der Waals surface area contributed by atoms with E-state index >= 15 is 0 Å². The fourth-order valence-electron chi connectivity index (χ4n) is 1.15. The molecular formula is C7H14N2O2. The minimum absolute atomic E-state index is 0.0603. The van der Waals surface area contributed by atoms with Gasteiger partial charge in [-0.05, 0) is 12.3 Å². The Bertz CT molecular complexity index is 149. The molecule has 11 heavy (non-hydrogen) atoms. The highest BCUT2D eigenvalue weighted by atomic mass is 16.6. The molecule has 0 radical (unpaired) electrons. The van der Waals surface area contributed by atoms with Gasteiger partial charge in [-0.15, -0.1) is 4.91 Å². The summed E-state index contributed by atoms with van der Waals surface area (Å²) >= 11 is 0. The SMILES string of the molecule is CC(C)CC1OC1N(C)N=O. The molecule has 0 bridgehead atoms. The highest BCUT2D eigenvalue weighted by molar-refractivity contribution is 4.82. The van der Waals surface area contributed by atoms with Crippen molar-refractivity contribution in [3.05, 3.63) is 4.91 Å². The molecule has 1 heterocycles. The summed E-state index contributed by atoms with van der Waals surface area (Å²) in [5, 5.41) is 4.09. The average Bonchev–Trinajstić information content (AvgIpc) is 2.65. The number of nitroso groups, excluding NO2 is 1. The van der Waals surface area contributed by atoms with Crippen molar-refractivity contribution in [3.8, 4) is 0 Å². The highest BCUT2D eigenvalue weighted by Gasteiger charge is 2.42. The first-order valence-corrected chi connectivity index (χ1v) is 3.86. The first-order chi connectivity index (χ1) is 5.15. The molecule has 1 saturated heterocycles. The van der Waals surface area contributed by atoms with Crippen LogP contribution in [0.1, 0.15) is 20.3 Å². The molecule has 1 fully saturated rings. The maximum atomic E-state index is 10.0. The van der Waals surface area contributed by atoms with Gasteiger partial charge in [-0.1, -0.05) is 13.8 Å². The molecule has 0 aliphatic carbocycles. The van der Waals surface area contributed by atoms with E-state index in [2.05, 4.69) is 19.1 Å². The lowest BCUT2D eigenvalue weighted by atomic mass is 10.1. The van der Waals surface area contributed by atoms with Gasteiger partial charge in [0.25, 0.3) is 0 Å². The zero-order valence-electron chi connectivity index (χ0n) is 7.15. The van der Waals surface area contributed by atoms with E-state index in [1.165, 1.54) is 5.01 Å². The summed E-state index contributed by atoms with van der Waals surface area (Å²) in [5.74, 6) is 0.616. The van der Waals surface area contributed by atoms with E-state index < -0.39 is 0 Å². The molecule has 0 aromatic heterocycles. The monoisotopic (exact) mass is 158 g/mol. The molecule has 2 atom stereocenters. The van der Waals surface area contributed by atoms with Crippen molar-refractivity contribution in [2.45, 2.75) is 32.6 Å². The zero-order chi connectivity index (χ0) is 8.43. The van der Waals surface area contributed by atoms with E-state index in [-0.39, 0.29) is 12.3 Å². The Labute approximate surface area is 66.5 Å². The third kappa shape index (κ3) is 2.15. The van der Waals surface area contributed by atoms with Crippen molar-refractivity contribution in [1.82, 2.24) is 5.01 Å². The second-order valence-corrected chi connectivity index (χ2v) is 3.35. The molecule has 0 amide bonds. The minimum Gasteiger partial charge on any atom is -0.346 e. The summed E-state index contributed by atoms with van der Waals surface area (Å²) in [4.78, 5) is 10.0. The third-order valence-corrected chi connectivity index (χ3v) is 1.76. The van der Waals surface area contributed by atoms with E-state index in [4.69, 9.17) is 4.74 Å². The van der Waals surface area contributed by atoms with Crippen LogP contribution in [0, 0.1) is 10.8 Å². The van der Waals surface area contributed by atoms with Crippen LogP contribution in [0.25, 0.3) is 0 Å². The Morgan fingerprint density at radius 2 is 2.27 bits per heavy atom. The molecule has 0 aromatic rings. The van der Waals surface area contributed by atoms with Crippen LogP contribution >= 0.6 is 0 Å². The maximum Gasteiger partial charge on any atom is 0.175 e. The van der Waals surface area contributed by atoms with Crippen molar-refractivity contribution < 1.29 is 4.74 Å². The molecule has 1 aliphatic heterocycles. The number of hydrogen-bond acceptors (Lipinski definition) is 3. The molecule has 1 rings (SSSR count). The summed E-state index contributed by atoms with van der Waals surface area (Å²) in [7, 11) is 1.64. The summed E-state index contributed by atoms with van der Waals surface area (Å²) < 4.78 is 5.21. The number of ether oxygens (including phenoxy) is 1. The van der Waals surface area contributed by atoms with Crippen LogP contribution in [0.5, 0.6) is 0 Å². The lowest BCUT2D eigenvalue weighted by molar-refractivity contribution is 0.214. The zero-order valence-corrected chi connectivity index (χ0v) is 7.15. The molecule has 4 heteroatoms. The lowest BCUT2D eigenvalue weighted by Crippen LogP contribution is -2.16. The van der Waals surface area contributed by atoms with Gasteiger partial charge < -0.3 is 4.74 Å². The van der Waals surface area contributed by atoms with Crippen LogP contribution in [0.4, 0.5) is 0 Å². The fourth-order valence-corrected chi connectivity index (χ4v) is 1.15. The lowest BCUT2D eigenvalue weighted by Gasteiger charge is -2.03. The van der Waals surface area contributed by atoms with Crippen LogP contribution in [-0.2, 0) is 4.74 Å². The number of epoxide rings is 1. The first-order valence-electron chi connectivity index (χ1n) is 3.86. The molecule has 2 unspecified atom stereocenters. The summed E-state index contributed by atoms with van der Waals surface area (Å²) in [5.41, 5.74) is 0. The normalized spacial score (nSPS) is 28.7. The van der Waals surface area contributed by atoms with Crippen LogP contribution in [0.3, 0.4) is 0 Å². The Kier molecular flexibility index (Phi) is 2.44. The predicted octanol–water partition coefficient (Wildman–Crippen LogP) is 1.37. The van der Waals surface area contributed by atoms with Crippen LogP contribution in [-0.4, -0.2) is 24.4 Å². The second-order valence-electron chi connectivity index (χ2n) is 3.35. The molecule has 64 valence electrons. The van der Waals surface area contributed by atoms with Gasteiger partial charge in [0, 0.05) is 7.05 Å². The largest absolute Gasteiger partial charge is 0.346 e. The second kappa shape index (κ2) is 3.17. The molecule has 0 saturated carbocycles. The van der Waals surface area contributed by atoms with Crippen molar-refractivity contribution in [1.29, 1.82) is 0 Å². The molecule has 0 N–H and O–H groups in total. The van der Waals surface area contributed by atoms with Gasteiger partial charge in [0.05, 0.1) is 5.29 Å². The highest BCUT2D eigenvalue weighted by Crippen LogP contribution is 2.30. The summed E-state index contributed by atoms with van der Waals surface area (Å²) in [6, 6.07) is 0.